The minimum Gasteiger partial charge on any atom is -0.480 e. The van der Waals surface area contributed by atoms with Crippen molar-refractivity contribution in [2.75, 3.05) is 13.1 Å². The number of carboxylic acids is 1. The fraction of sp³-hybridized carbons (Fsp3) is 0.647. The summed E-state index contributed by atoms with van der Waals surface area (Å²) in [5, 5.41) is 12.0. The van der Waals surface area contributed by atoms with Crippen LogP contribution >= 0.6 is 0 Å². The van der Waals surface area contributed by atoms with Crippen molar-refractivity contribution in [3.8, 4) is 0 Å². The van der Waals surface area contributed by atoms with Crippen molar-refractivity contribution in [2.45, 2.75) is 51.6 Å². The molecule has 2 saturated carbocycles. The Balaban J connectivity index is 1.50. The molecule has 6 heteroatoms. The van der Waals surface area contributed by atoms with Gasteiger partial charge in [0, 0.05) is 24.2 Å². The molecule has 0 atom stereocenters. The number of hydrogen-bond donors (Lipinski definition) is 2. The number of carbonyl (C=O) groups excluding carboxylic acids is 1. The van der Waals surface area contributed by atoms with Crippen LogP contribution in [0.25, 0.3) is 0 Å². The van der Waals surface area contributed by atoms with Gasteiger partial charge in [0.15, 0.2) is 5.76 Å². The van der Waals surface area contributed by atoms with E-state index in [2.05, 4.69) is 10.2 Å². The van der Waals surface area contributed by atoms with Crippen molar-refractivity contribution in [3.05, 3.63) is 23.2 Å². The number of hydrogen-bond acceptors (Lipinski definition) is 4. The highest BCUT2D eigenvalue weighted by Crippen LogP contribution is 2.33. The second-order valence-electron chi connectivity index (χ2n) is 6.93. The summed E-state index contributed by atoms with van der Waals surface area (Å²) in [6.45, 7) is 4.65. The van der Waals surface area contributed by atoms with Gasteiger partial charge in [-0.2, -0.15) is 0 Å². The van der Waals surface area contributed by atoms with Gasteiger partial charge in [0.1, 0.15) is 5.76 Å². The molecular weight excluding hydrogens is 296 g/mol. The van der Waals surface area contributed by atoms with Crippen molar-refractivity contribution in [1.29, 1.82) is 0 Å². The van der Waals surface area contributed by atoms with Crippen molar-refractivity contribution >= 4 is 11.9 Å². The van der Waals surface area contributed by atoms with Gasteiger partial charge in [-0.15, -0.1) is 0 Å². The fourth-order valence-corrected chi connectivity index (χ4v) is 3.27. The molecule has 1 heterocycles. The molecule has 1 aromatic rings. The summed E-state index contributed by atoms with van der Waals surface area (Å²) in [4.78, 5) is 25.3. The molecule has 0 saturated heterocycles. The van der Waals surface area contributed by atoms with Gasteiger partial charge in [0.25, 0.3) is 5.91 Å². The molecule has 1 amide bonds. The molecule has 0 spiro atoms. The minimum atomic E-state index is -0.778. The molecule has 0 radical (unpaired) electrons. The number of carbonyl (C=O) groups is 2. The van der Waals surface area contributed by atoms with Gasteiger partial charge in [0.05, 0.1) is 6.54 Å². The van der Waals surface area contributed by atoms with E-state index in [1.54, 1.807) is 0 Å². The molecule has 23 heavy (non-hydrogen) atoms. The highest BCUT2D eigenvalue weighted by molar-refractivity contribution is 5.93. The number of nitrogens with one attached hydrogen (secondary N) is 1. The number of rotatable bonds is 7. The first kappa shape index (κ1) is 16.1. The molecule has 0 bridgehead atoms. The van der Waals surface area contributed by atoms with Crippen molar-refractivity contribution < 1.29 is 19.1 Å². The SMILES string of the molecule is Cc1cc(C)c(C(=O)NC2CC(N(CC(=O)O)CC3CC3)C2)o1. The number of amides is 1. The van der Waals surface area contributed by atoms with Crippen LogP contribution in [0.5, 0.6) is 0 Å². The lowest BCUT2D eigenvalue weighted by atomic mass is 9.85. The quantitative estimate of drug-likeness (QED) is 0.802. The Kier molecular flexibility index (Phi) is 4.43. The zero-order chi connectivity index (χ0) is 16.6. The summed E-state index contributed by atoms with van der Waals surface area (Å²) < 4.78 is 5.43. The third-order valence-corrected chi connectivity index (χ3v) is 4.74. The van der Waals surface area contributed by atoms with Gasteiger partial charge in [-0.05, 0) is 51.5 Å². The summed E-state index contributed by atoms with van der Waals surface area (Å²) in [5.74, 6) is 0.824. The number of carboxylic acid groups (broad SMARTS) is 1. The van der Waals surface area contributed by atoms with E-state index < -0.39 is 5.97 Å². The lowest BCUT2D eigenvalue weighted by Crippen LogP contribution is -2.55. The van der Waals surface area contributed by atoms with E-state index in [0.717, 1.165) is 30.7 Å². The maximum Gasteiger partial charge on any atom is 0.317 e. The second-order valence-corrected chi connectivity index (χ2v) is 6.93. The van der Waals surface area contributed by atoms with Gasteiger partial charge < -0.3 is 14.8 Å². The van der Waals surface area contributed by atoms with Crippen molar-refractivity contribution in [2.24, 2.45) is 5.92 Å². The zero-order valence-electron chi connectivity index (χ0n) is 13.7. The molecular formula is C17H24N2O4. The summed E-state index contributed by atoms with van der Waals surface area (Å²) in [6, 6.07) is 2.21. The Labute approximate surface area is 135 Å². The average Bonchev–Trinajstić information content (AvgIpc) is 3.15. The third kappa shape index (κ3) is 3.93. The number of nitrogens with zero attached hydrogens (tertiary/aromatic N) is 1. The molecule has 0 aliphatic heterocycles. The Hall–Kier alpha value is -1.82. The van der Waals surface area contributed by atoms with E-state index in [1.807, 2.05) is 19.9 Å². The largest absolute Gasteiger partial charge is 0.480 e. The molecule has 2 aliphatic carbocycles. The summed E-state index contributed by atoms with van der Waals surface area (Å²) >= 11 is 0. The van der Waals surface area contributed by atoms with E-state index in [9.17, 15) is 9.59 Å². The standard InChI is InChI=1S/C17H24N2O4/c1-10-5-11(2)23-16(10)17(22)18-13-6-14(7-13)19(9-15(20)21)8-12-3-4-12/h5,12-14H,3-4,6-9H2,1-2H3,(H,18,22)(H,20,21). The molecule has 1 aromatic heterocycles. The van der Waals surface area contributed by atoms with Gasteiger partial charge in [0.2, 0.25) is 0 Å². The predicted molar refractivity (Wildman–Crippen MR) is 84.4 cm³/mol. The Morgan fingerprint density at radius 2 is 2.04 bits per heavy atom. The summed E-state index contributed by atoms with van der Waals surface area (Å²) in [7, 11) is 0. The monoisotopic (exact) mass is 320 g/mol. The van der Waals surface area contributed by atoms with E-state index in [1.165, 1.54) is 12.8 Å². The minimum absolute atomic E-state index is 0.0956. The highest BCUT2D eigenvalue weighted by Gasteiger charge is 2.38. The number of aliphatic carboxylic acids is 1. The smallest absolute Gasteiger partial charge is 0.317 e. The van der Waals surface area contributed by atoms with Crippen LogP contribution in [-0.4, -0.2) is 47.1 Å². The lowest BCUT2D eigenvalue weighted by Gasteiger charge is -2.42. The second kappa shape index (κ2) is 6.35. The van der Waals surface area contributed by atoms with E-state index in [4.69, 9.17) is 9.52 Å². The fourth-order valence-electron chi connectivity index (χ4n) is 3.27. The topological polar surface area (TPSA) is 82.8 Å². The Bertz CT molecular complexity index is 600. The molecule has 0 aromatic carbocycles. The Morgan fingerprint density at radius 1 is 1.35 bits per heavy atom. The van der Waals surface area contributed by atoms with Gasteiger partial charge >= 0.3 is 5.97 Å². The first-order valence-electron chi connectivity index (χ1n) is 8.26. The molecule has 0 unspecified atom stereocenters. The Morgan fingerprint density at radius 3 is 2.57 bits per heavy atom. The van der Waals surface area contributed by atoms with E-state index in [-0.39, 0.29) is 24.5 Å². The van der Waals surface area contributed by atoms with Crippen LogP contribution in [0.1, 0.15) is 47.6 Å². The van der Waals surface area contributed by atoms with Gasteiger partial charge in [-0.3, -0.25) is 14.5 Å². The van der Waals surface area contributed by atoms with Crippen LogP contribution in [-0.2, 0) is 4.79 Å². The summed E-state index contributed by atoms with van der Waals surface area (Å²) in [5.41, 5.74) is 0.845. The number of furan rings is 1. The first-order chi connectivity index (χ1) is 10.9. The maximum absolute atomic E-state index is 12.2. The van der Waals surface area contributed by atoms with Crippen LogP contribution in [0.15, 0.2) is 10.5 Å². The van der Waals surface area contributed by atoms with E-state index in [0.29, 0.717) is 11.7 Å². The van der Waals surface area contributed by atoms with E-state index >= 15 is 0 Å². The van der Waals surface area contributed by atoms with Crippen molar-refractivity contribution in [3.63, 3.8) is 0 Å². The number of aryl methyl sites for hydroxylation is 2. The third-order valence-electron chi connectivity index (χ3n) is 4.74. The lowest BCUT2D eigenvalue weighted by molar-refractivity contribution is -0.139. The van der Waals surface area contributed by atoms with Crippen molar-refractivity contribution in [1.82, 2.24) is 10.2 Å². The average molecular weight is 320 g/mol. The molecule has 126 valence electrons. The molecule has 6 nitrogen and oxygen atoms in total. The van der Waals surface area contributed by atoms with Gasteiger partial charge in [-0.25, -0.2) is 0 Å². The van der Waals surface area contributed by atoms with Crippen LogP contribution in [0.4, 0.5) is 0 Å². The van der Waals surface area contributed by atoms with Crippen LogP contribution in [0.3, 0.4) is 0 Å². The van der Waals surface area contributed by atoms with Gasteiger partial charge in [-0.1, -0.05) is 0 Å². The highest BCUT2D eigenvalue weighted by atomic mass is 16.4. The van der Waals surface area contributed by atoms with Crippen LogP contribution < -0.4 is 5.32 Å². The maximum atomic E-state index is 12.2. The zero-order valence-corrected chi connectivity index (χ0v) is 13.7. The summed E-state index contributed by atoms with van der Waals surface area (Å²) in [6.07, 6.45) is 4.04. The van der Waals surface area contributed by atoms with Crippen LogP contribution in [0, 0.1) is 19.8 Å². The normalized spacial score (nSPS) is 23.6. The molecule has 2 fully saturated rings. The molecule has 2 aliphatic rings. The molecule has 2 N–H and O–H groups in total. The first-order valence-corrected chi connectivity index (χ1v) is 8.26. The van der Waals surface area contributed by atoms with Crippen LogP contribution in [0.2, 0.25) is 0 Å². The predicted octanol–water partition coefficient (Wildman–Crippen LogP) is 1.95. The molecule has 3 rings (SSSR count).